The Labute approximate surface area is 181 Å². The molecule has 0 saturated heterocycles. The molecular weight excluding hydrogens is 396 g/mol. The minimum atomic E-state index is -0.0383. The number of hydrogen-bond donors (Lipinski definition) is 0. The van der Waals surface area contributed by atoms with E-state index in [1.807, 2.05) is 54.9 Å². The zero-order chi connectivity index (χ0) is 21.4. The van der Waals surface area contributed by atoms with E-state index in [-0.39, 0.29) is 5.91 Å². The molecule has 2 aromatic carbocycles. The van der Waals surface area contributed by atoms with Gasteiger partial charge < -0.3 is 14.0 Å². The lowest BCUT2D eigenvalue weighted by atomic mass is 10.1. The lowest BCUT2D eigenvalue weighted by molar-refractivity contribution is 0.0785. The molecule has 0 bridgehead atoms. The maximum absolute atomic E-state index is 13.1. The second-order valence-electron chi connectivity index (χ2n) is 7.56. The zero-order valence-electron chi connectivity index (χ0n) is 17.7. The van der Waals surface area contributed by atoms with E-state index in [0.29, 0.717) is 17.4 Å². The lowest BCUT2D eigenvalue weighted by Crippen LogP contribution is -2.26. The van der Waals surface area contributed by atoms with Crippen LogP contribution in [0.15, 0.2) is 54.6 Å². The monoisotopic (exact) mass is 420 g/mol. The third-order valence-electron chi connectivity index (χ3n) is 5.57. The number of aromatic nitrogens is 3. The molecule has 0 aliphatic heterocycles. The molecule has 2 aromatic heterocycles. The first-order valence-corrected chi connectivity index (χ1v) is 10.4. The number of carbonyl (C=O) groups excluding carboxylic acids is 1. The highest BCUT2D eigenvalue weighted by Crippen LogP contribution is 2.24. The number of fused-ring (bicyclic) bond motifs is 1. The molecule has 0 aliphatic carbocycles. The van der Waals surface area contributed by atoms with Gasteiger partial charge in [-0.2, -0.15) is 0 Å². The van der Waals surface area contributed by atoms with Crippen molar-refractivity contribution in [1.29, 1.82) is 0 Å². The molecule has 1 amide bonds. The highest BCUT2D eigenvalue weighted by molar-refractivity contribution is 6.29. The van der Waals surface area contributed by atoms with Crippen LogP contribution in [0.25, 0.3) is 16.7 Å². The second-order valence-corrected chi connectivity index (χ2v) is 7.90. The highest BCUT2D eigenvalue weighted by atomic mass is 35.5. The number of rotatable bonds is 5. The third kappa shape index (κ3) is 3.50. The lowest BCUT2D eigenvalue weighted by Gasteiger charge is -2.18. The van der Waals surface area contributed by atoms with E-state index in [4.69, 9.17) is 11.6 Å². The minimum Gasteiger partial charge on any atom is -0.337 e. The van der Waals surface area contributed by atoms with Gasteiger partial charge in [-0.3, -0.25) is 4.79 Å². The Hall–Kier alpha value is -3.05. The molecule has 30 heavy (non-hydrogen) atoms. The van der Waals surface area contributed by atoms with Gasteiger partial charge in [0.2, 0.25) is 5.28 Å². The number of imidazole rings is 1. The van der Waals surface area contributed by atoms with Gasteiger partial charge in [0.1, 0.15) is 0 Å². The smallest absolute Gasteiger partial charge is 0.253 e. The summed E-state index contributed by atoms with van der Waals surface area (Å²) in [5.74, 6) is -0.0383. The first kappa shape index (κ1) is 20.2. The number of aryl methyl sites for hydroxylation is 2. The Morgan fingerprint density at radius 3 is 2.53 bits per heavy atom. The molecule has 4 rings (SSSR count). The van der Waals surface area contributed by atoms with Gasteiger partial charge in [0.25, 0.3) is 5.91 Å². The summed E-state index contributed by atoms with van der Waals surface area (Å²) in [5, 5.41) is 0.443. The summed E-state index contributed by atoms with van der Waals surface area (Å²) < 4.78 is 4.15. The van der Waals surface area contributed by atoms with E-state index in [1.54, 1.807) is 4.90 Å². The predicted octanol–water partition coefficient (Wildman–Crippen LogP) is 5.39. The molecule has 5 nitrogen and oxygen atoms in total. The molecule has 0 atom stereocenters. The maximum atomic E-state index is 13.1. The first-order valence-electron chi connectivity index (χ1n) is 10.0. The molecule has 0 radical (unpaired) electrons. The Morgan fingerprint density at radius 2 is 1.83 bits per heavy atom. The van der Waals surface area contributed by atoms with Gasteiger partial charge >= 0.3 is 0 Å². The summed E-state index contributed by atoms with van der Waals surface area (Å²) in [4.78, 5) is 19.2. The highest BCUT2D eigenvalue weighted by Gasteiger charge is 2.18. The van der Waals surface area contributed by atoms with Crippen molar-refractivity contribution in [1.82, 2.24) is 19.0 Å². The fourth-order valence-electron chi connectivity index (χ4n) is 4.05. The van der Waals surface area contributed by atoms with Crippen LogP contribution in [-0.2, 0) is 13.1 Å². The average Bonchev–Trinajstić information content (AvgIpc) is 3.21. The largest absolute Gasteiger partial charge is 0.337 e. The van der Waals surface area contributed by atoms with Crippen molar-refractivity contribution < 1.29 is 4.79 Å². The Balaban J connectivity index is 1.59. The number of hydrogen-bond acceptors (Lipinski definition) is 2. The fourth-order valence-corrected chi connectivity index (χ4v) is 4.35. The molecule has 6 heteroatoms. The van der Waals surface area contributed by atoms with Crippen molar-refractivity contribution in [2.45, 2.75) is 33.9 Å². The van der Waals surface area contributed by atoms with E-state index in [2.05, 4.69) is 41.6 Å². The van der Waals surface area contributed by atoms with Crippen molar-refractivity contribution in [2.75, 3.05) is 7.05 Å². The van der Waals surface area contributed by atoms with Crippen molar-refractivity contribution in [2.24, 2.45) is 0 Å². The van der Waals surface area contributed by atoms with E-state index in [1.165, 1.54) is 0 Å². The molecule has 0 unspecified atom stereocenters. The first-order chi connectivity index (χ1) is 14.4. The number of para-hydroxylation sites is 1. The summed E-state index contributed by atoms with van der Waals surface area (Å²) in [7, 11) is 1.83. The van der Waals surface area contributed by atoms with E-state index < -0.39 is 0 Å². The van der Waals surface area contributed by atoms with Crippen LogP contribution < -0.4 is 0 Å². The van der Waals surface area contributed by atoms with Gasteiger partial charge in [-0.25, -0.2) is 4.98 Å². The van der Waals surface area contributed by atoms with Crippen LogP contribution in [0.4, 0.5) is 0 Å². The van der Waals surface area contributed by atoms with Crippen LogP contribution in [0.5, 0.6) is 0 Å². The Kier molecular flexibility index (Phi) is 5.39. The van der Waals surface area contributed by atoms with Crippen LogP contribution in [0.2, 0.25) is 5.28 Å². The van der Waals surface area contributed by atoms with E-state index >= 15 is 0 Å². The van der Waals surface area contributed by atoms with Crippen molar-refractivity contribution >= 4 is 28.5 Å². The van der Waals surface area contributed by atoms with E-state index in [9.17, 15) is 4.79 Å². The number of nitrogens with zero attached hydrogens (tertiary/aromatic N) is 4. The average molecular weight is 421 g/mol. The predicted molar refractivity (Wildman–Crippen MR) is 121 cm³/mol. The Morgan fingerprint density at radius 1 is 1.10 bits per heavy atom. The number of benzene rings is 2. The molecule has 0 N–H and O–H groups in total. The van der Waals surface area contributed by atoms with Gasteiger partial charge in [0.15, 0.2) is 0 Å². The quantitative estimate of drug-likeness (QED) is 0.434. The number of carbonyl (C=O) groups is 1. The normalized spacial score (nSPS) is 11.2. The molecule has 0 spiro atoms. The second kappa shape index (κ2) is 8.00. The van der Waals surface area contributed by atoms with Crippen LogP contribution >= 0.6 is 11.6 Å². The minimum absolute atomic E-state index is 0.0383. The van der Waals surface area contributed by atoms with Crippen LogP contribution in [-0.4, -0.2) is 32.0 Å². The van der Waals surface area contributed by atoms with E-state index in [0.717, 1.165) is 40.2 Å². The number of amides is 1. The van der Waals surface area contributed by atoms with Crippen molar-refractivity contribution in [3.63, 3.8) is 0 Å². The number of halogens is 1. The van der Waals surface area contributed by atoms with Crippen LogP contribution in [0, 0.1) is 13.8 Å². The summed E-state index contributed by atoms with van der Waals surface area (Å²) in [6.07, 6.45) is 0. The molecule has 0 aliphatic rings. The molecule has 4 aromatic rings. The van der Waals surface area contributed by atoms with Crippen LogP contribution in [0.3, 0.4) is 0 Å². The molecule has 154 valence electrons. The van der Waals surface area contributed by atoms with Gasteiger partial charge in [-0.1, -0.05) is 18.2 Å². The van der Waals surface area contributed by atoms with Gasteiger partial charge in [-0.15, -0.1) is 0 Å². The summed E-state index contributed by atoms with van der Waals surface area (Å²) in [5.41, 5.74) is 6.84. The standard InChI is InChI=1S/C24H25ClN4O/c1-5-28-22-12-11-18(14-21(22)26-24(28)25)23(30)27(4)15-19-13-16(2)29(17(19)3)20-9-7-6-8-10-20/h6-14H,5,15H2,1-4H3. The summed E-state index contributed by atoms with van der Waals surface area (Å²) in [6, 6.07) is 18.0. The SMILES string of the molecule is CCn1c(Cl)nc2cc(C(=O)N(C)Cc3cc(C)n(-c4ccccc4)c3C)ccc21. The van der Waals surface area contributed by atoms with Crippen molar-refractivity contribution in [3.8, 4) is 5.69 Å². The summed E-state index contributed by atoms with van der Waals surface area (Å²) in [6.45, 7) is 7.48. The molecular formula is C24H25ClN4O. The third-order valence-corrected chi connectivity index (χ3v) is 5.86. The maximum Gasteiger partial charge on any atom is 0.253 e. The van der Waals surface area contributed by atoms with Gasteiger partial charge in [0, 0.05) is 42.8 Å². The molecule has 2 heterocycles. The Bertz CT molecular complexity index is 1220. The zero-order valence-corrected chi connectivity index (χ0v) is 18.4. The van der Waals surface area contributed by atoms with Crippen molar-refractivity contribution in [3.05, 3.63) is 82.4 Å². The molecule has 0 fully saturated rings. The van der Waals surface area contributed by atoms with Crippen LogP contribution in [0.1, 0.15) is 34.2 Å². The molecule has 0 saturated carbocycles. The van der Waals surface area contributed by atoms with Gasteiger partial charge in [0.05, 0.1) is 11.0 Å². The fraction of sp³-hybridized carbons (Fsp3) is 0.250. The summed E-state index contributed by atoms with van der Waals surface area (Å²) >= 11 is 6.21. The van der Waals surface area contributed by atoms with Gasteiger partial charge in [-0.05, 0) is 74.3 Å². The topological polar surface area (TPSA) is 43.1 Å².